The molecule has 2 N–H and O–H groups in total. The van der Waals surface area contributed by atoms with Crippen LogP contribution < -0.4 is 0 Å². The van der Waals surface area contributed by atoms with E-state index in [2.05, 4.69) is 0 Å². The molecule has 1 aliphatic rings. The summed E-state index contributed by atoms with van der Waals surface area (Å²) in [6, 6.07) is 0. The maximum absolute atomic E-state index is 9.48. The molecule has 2 nitrogen and oxygen atoms in total. The summed E-state index contributed by atoms with van der Waals surface area (Å²) in [6.07, 6.45) is -0.502. The summed E-state index contributed by atoms with van der Waals surface area (Å²) in [5.74, 6) is 2.34. The normalized spacial score (nSPS) is 37.1. The molecule has 0 bridgehead atoms. The van der Waals surface area contributed by atoms with E-state index in [4.69, 9.17) is 0 Å². The van der Waals surface area contributed by atoms with E-state index in [0.717, 1.165) is 11.5 Å². The highest BCUT2D eigenvalue weighted by atomic mass is 32.2. The summed E-state index contributed by atoms with van der Waals surface area (Å²) in [5, 5.41) is 18.8. The van der Waals surface area contributed by atoms with Gasteiger partial charge in [0.25, 0.3) is 0 Å². The highest BCUT2D eigenvalue weighted by Gasteiger charge is 2.32. The summed E-state index contributed by atoms with van der Waals surface area (Å²) in [5.41, 5.74) is 0. The Morgan fingerprint density at radius 2 is 2.00 bits per heavy atom. The summed E-state index contributed by atoms with van der Waals surface area (Å²) in [4.78, 5) is 0. The molecule has 1 fully saturated rings. The van der Waals surface area contributed by atoms with Gasteiger partial charge in [0.05, 0.1) is 12.2 Å². The molecule has 66 valence electrons. The van der Waals surface area contributed by atoms with Crippen molar-refractivity contribution in [1.29, 1.82) is 0 Å². The molecule has 4 atom stereocenters. The van der Waals surface area contributed by atoms with Gasteiger partial charge in [-0.15, -0.1) is 0 Å². The zero-order valence-corrected chi connectivity index (χ0v) is 7.84. The Hall–Kier alpha value is 0.270. The number of thioether (sulfide) groups is 1. The van der Waals surface area contributed by atoms with Gasteiger partial charge in [-0.25, -0.2) is 0 Å². The lowest BCUT2D eigenvalue weighted by molar-refractivity contribution is 0.0490. The van der Waals surface area contributed by atoms with Crippen LogP contribution in [0.15, 0.2) is 0 Å². The third-order valence-corrected chi connectivity index (χ3v) is 3.73. The average molecular weight is 176 g/mol. The van der Waals surface area contributed by atoms with Gasteiger partial charge in [0.1, 0.15) is 0 Å². The molecule has 0 radical (unpaired) electrons. The molecular formula is C8H16O2S. The second kappa shape index (κ2) is 3.78. The fraction of sp³-hybridized carbons (Fsp3) is 1.00. The van der Waals surface area contributed by atoms with Crippen molar-refractivity contribution in [2.24, 2.45) is 11.8 Å². The zero-order valence-electron chi connectivity index (χ0n) is 7.03. The van der Waals surface area contributed by atoms with Gasteiger partial charge >= 0.3 is 0 Å². The molecule has 0 saturated carbocycles. The molecule has 0 aromatic carbocycles. The first-order valence-corrected chi connectivity index (χ1v) is 5.22. The van der Waals surface area contributed by atoms with Crippen molar-refractivity contribution in [3.8, 4) is 0 Å². The van der Waals surface area contributed by atoms with Gasteiger partial charge in [-0.3, -0.25) is 0 Å². The van der Waals surface area contributed by atoms with Gasteiger partial charge < -0.3 is 10.2 Å². The monoisotopic (exact) mass is 176 g/mol. The minimum absolute atomic E-state index is 0.204. The molecule has 1 saturated heterocycles. The predicted octanol–water partition coefficient (Wildman–Crippen LogP) is 0.727. The number of hydrogen-bond acceptors (Lipinski definition) is 3. The van der Waals surface area contributed by atoms with Gasteiger partial charge in [-0.05, 0) is 24.5 Å². The van der Waals surface area contributed by atoms with Crippen molar-refractivity contribution >= 4 is 11.8 Å². The molecule has 0 amide bonds. The maximum atomic E-state index is 9.48. The Morgan fingerprint density at radius 1 is 1.36 bits per heavy atom. The number of aliphatic hydroxyl groups excluding tert-OH is 2. The Morgan fingerprint density at radius 3 is 2.36 bits per heavy atom. The lowest BCUT2D eigenvalue weighted by Crippen LogP contribution is -2.30. The molecule has 3 heteroatoms. The van der Waals surface area contributed by atoms with E-state index in [0.29, 0.717) is 5.92 Å². The Labute approximate surface area is 72.0 Å². The minimum atomic E-state index is -0.298. The summed E-state index contributed by atoms with van der Waals surface area (Å²) < 4.78 is 0. The molecule has 0 aliphatic carbocycles. The molecule has 0 spiro atoms. The molecule has 1 aliphatic heterocycles. The second-order valence-corrected chi connectivity index (χ2v) is 4.44. The molecule has 0 aromatic heterocycles. The summed E-state index contributed by atoms with van der Waals surface area (Å²) in [6.45, 7) is 3.80. The first kappa shape index (κ1) is 9.36. The molecular weight excluding hydrogens is 160 g/mol. The van der Waals surface area contributed by atoms with Crippen LogP contribution in [0.1, 0.15) is 13.8 Å². The molecule has 0 aromatic rings. The quantitative estimate of drug-likeness (QED) is 0.651. The fourth-order valence-electron chi connectivity index (χ4n) is 1.42. The van der Waals surface area contributed by atoms with E-state index in [9.17, 15) is 10.2 Å². The van der Waals surface area contributed by atoms with Crippen molar-refractivity contribution < 1.29 is 10.2 Å². The SMILES string of the molecule is CC(O)C(C)C1CSCC1O. The predicted molar refractivity (Wildman–Crippen MR) is 47.7 cm³/mol. The van der Waals surface area contributed by atoms with Crippen LogP contribution in [0.2, 0.25) is 0 Å². The van der Waals surface area contributed by atoms with Crippen LogP contribution in [0, 0.1) is 11.8 Å². The molecule has 4 unspecified atom stereocenters. The highest BCUT2D eigenvalue weighted by Crippen LogP contribution is 2.31. The van der Waals surface area contributed by atoms with E-state index >= 15 is 0 Å². The largest absolute Gasteiger partial charge is 0.393 e. The van der Waals surface area contributed by atoms with Crippen LogP contribution >= 0.6 is 11.8 Å². The summed E-state index contributed by atoms with van der Waals surface area (Å²) >= 11 is 1.77. The Bertz CT molecular complexity index is 127. The Kier molecular flexibility index (Phi) is 3.22. The minimum Gasteiger partial charge on any atom is -0.393 e. The average Bonchev–Trinajstić information content (AvgIpc) is 2.33. The van der Waals surface area contributed by atoms with Crippen LogP contribution in [0.4, 0.5) is 0 Å². The van der Waals surface area contributed by atoms with Crippen molar-refractivity contribution in [1.82, 2.24) is 0 Å². The summed E-state index contributed by atoms with van der Waals surface area (Å²) in [7, 11) is 0. The third kappa shape index (κ3) is 2.10. The van der Waals surface area contributed by atoms with Crippen LogP contribution in [-0.4, -0.2) is 33.9 Å². The van der Waals surface area contributed by atoms with Crippen LogP contribution in [0.3, 0.4) is 0 Å². The Balaban J connectivity index is 2.45. The van der Waals surface area contributed by atoms with Gasteiger partial charge in [-0.2, -0.15) is 11.8 Å². The van der Waals surface area contributed by atoms with Gasteiger partial charge in [0.15, 0.2) is 0 Å². The van der Waals surface area contributed by atoms with E-state index in [1.807, 2.05) is 6.92 Å². The van der Waals surface area contributed by atoms with Gasteiger partial charge in [-0.1, -0.05) is 6.92 Å². The maximum Gasteiger partial charge on any atom is 0.0670 e. The number of rotatable bonds is 2. The number of aliphatic hydroxyl groups is 2. The van der Waals surface area contributed by atoms with Crippen molar-refractivity contribution in [3.63, 3.8) is 0 Å². The third-order valence-electron chi connectivity index (χ3n) is 2.53. The van der Waals surface area contributed by atoms with Crippen LogP contribution in [0.5, 0.6) is 0 Å². The van der Waals surface area contributed by atoms with Gasteiger partial charge in [0, 0.05) is 5.75 Å². The molecule has 11 heavy (non-hydrogen) atoms. The first-order valence-electron chi connectivity index (χ1n) is 4.06. The van der Waals surface area contributed by atoms with Crippen LogP contribution in [0.25, 0.3) is 0 Å². The van der Waals surface area contributed by atoms with Crippen LogP contribution in [-0.2, 0) is 0 Å². The van der Waals surface area contributed by atoms with Crippen molar-refractivity contribution in [2.45, 2.75) is 26.1 Å². The smallest absolute Gasteiger partial charge is 0.0670 e. The van der Waals surface area contributed by atoms with Gasteiger partial charge in [0.2, 0.25) is 0 Å². The highest BCUT2D eigenvalue weighted by molar-refractivity contribution is 7.99. The lowest BCUT2D eigenvalue weighted by Gasteiger charge is -2.23. The first-order chi connectivity index (χ1) is 5.13. The van der Waals surface area contributed by atoms with E-state index in [-0.39, 0.29) is 18.1 Å². The topological polar surface area (TPSA) is 40.5 Å². The number of hydrogen-bond donors (Lipinski definition) is 2. The molecule has 1 heterocycles. The van der Waals surface area contributed by atoms with E-state index in [1.165, 1.54) is 0 Å². The van der Waals surface area contributed by atoms with E-state index < -0.39 is 0 Å². The zero-order chi connectivity index (χ0) is 8.43. The second-order valence-electron chi connectivity index (χ2n) is 3.37. The standard InChI is InChI=1S/C8H16O2S/c1-5(6(2)9)7-3-11-4-8(7)10/h5-10H,3-4H2,1-2H3. The van der Waals surface area contributed by atoms with Crippen molar-refractivity contribution in [2.75, 3.05) is 11.5 Å². The van der Waals surface area contributed by atoms with Crippen molar-refractivity contribution in [3.05, 3.63) is 0 Å². The molecule has 1 rings (SSSR count). The lowest BCUT2D eigenvalue weighted by atomic mass is 9.88. The van der Waals surface area contributed by atoms with E-state index in [1.54, 1.807) is 18.7 Å². The fourth-order valence-corrected chi connectivity index (χ4v) is 2.84.